The molecule has 0 aliphatic carbocycles. The molecule has 8 nitrogen and oxygen atoms in total. The summed E-state index contributed by atoms with van der Waals surface area (Å²) in [4.78, 5) is 27.7. The molecule has 0 aromatic heterocycles. The van der Waals surface area contributed by atoms with Gasteiger partial charge in [-0.1, -0.05) is 12.1 Å². The lowest BCUT2D eigenvalue weighted by molar-refractivity contribution is 0.0473. The van der Waals surface area contributed by atoms with Gasteiger partial charge in [0.2, 0.25) is 5.91 Å². The highest BCUT2D eigenvalue weighted by Gasteiger charge is 2.24. The predicted molar refractivity (Wildman–Crippen MR) is 111 cm³/mol. The minimum Gasteiger partial charge on any atom is -0.444 e. The number of carbonyl (C=O) groups is 2. The van der Waals surface area contributed by atoms with Gasteiger partial charge in [0, 0.05) is 18.7 Å². The van der Waals surface area contributed by atoms with Crippen LogP contribution < -0.4 is 21.7 Å². The number of rotatable bonds is 7. The molecular weight excluding hydrogens is 358 g/mol. The Balaban J connectivity index is 2.66. The molecule has 1 rings (SSSR count). The zero-order valence-corrected chi connectivity index (χ0v) is 17.7. The van der Waals surface area contributed by atoms with Crippen LogP contribution in [0, 0.1) is 0 Å². The molecule has 28 heavy (non-hydrogen) atoms. The first-order valence-corrected chi connectivity index (χ1v) is 9.34. The van der Waals surface area contributed by atoms with E-state index in [1.807, 2.05) is 53.7 Å². The van der Waals surface area contributed by atoms with E-state index in [0.29, 0.717) is 31.2 Å². The Morgan fingerprint density at radius 3 is 2.18 bits per heavy atom. The van der Waals surface area contributed by atoms with E-state index in [-0.39, 0.29) is 0 Å². The maximum Gasteiger partial charge on any atom is 0.408 e. The number of aliphatic imine (C=N–C) groups is 1. The lowest BCUT2D eigenvalue weighted by Crippen LogP contribution is -2.54. The Kier molecular flexibility index (Phi) is 8.28. The Bertz CT molecular complexity index is 691. The SMILES string of the molecule is CCNC(=NCc1ccc(C(N)=O)cc1)NCC(C)(C)NC(=O)OC(C)(C)C. The molecule has 0 saturated carbocycles. The van der Waals surface area contributed by atoms with Crippen LogP contribution in [0.15, 0.2) is 29.3 Å². The van der Waals surface area contributed by atoms with E-state index >= 15 is 0 Å². The molecule has 156 valence electrons. The van der Waals surface area contributed by atoms with E-state index in [2.05, 4.69) is 20.9 Å². The summed E-state index contributed by atoms with van der Waals surface area (Å²) in [6, 6.07) is 7.01. The molecule has 0 bridgehead atoms. The van der Waals surface area contributed by atoms with Gasteiger partial charge in [-0.3, -0.25) is 4.79 Å². The molecule has 0 unspecified atom stereocenters. The van der Waals surface area contributed by atoms with Crippen molar-refractivity contribution in [3.63, 3.8) is 0 Å². The van der Waals surface area contributed by atoms with Gasteiger partial charge in [-0.2, -0.15) is 0 Å². The maximum absolute atomic E-state index is 12.0. The normalized spacial score (nSPS) is 12.3. The standard InChI is InChI=1S/C20H33N5O3/c1-7-22-17(23-12-14-8-10-15(11-9-14)16(21)26)24-13-20(5,6)25-18(27)28-19(2,3)4/h8-11H,7,12-13H2,1-6H3,(H2,21,26)(H,25,27)(H2,22,23,24). The van der Waals surface area contributed by atoms with Gasteiger partial charge in [0.1, 0.15) is 5.60 Å². The van der Waals surface area contributed by atoms with Crippen LogP contribution in [0.1, 0.15) is 57.5 Å². The van der Waals surface area contributed by atoms with Crippen LogP contribution in [0.25, 0.3) is 0 Å². The zero-order valence-electron chi connectivity index (χ0n) is 17.7. The first-order valence-electron chi connectivity index (χ1n) is 9.34. The van der Waals surface area contributed by atoms with Crippen LogP contribution in [0.3, 0.4) is 0 Å². The molecule has 0 aliphatic rings. The highest BCUT2D eigenvalue weighted by molar-refractivity contribution is 5.92. The summed E-state index contributed by atoms with van der Waals surface area (Å²) in [6.45, 7) is 12.8. The molecule has 8 heteroatoms. The number of carbonyl (C=O) groups excluding carboxylic acids is 2. The largest absolute Gasteiger partial charge is 0.444 e. The topological polar surface area (TPSA) is 118 Å². The third kappa shape index (κ3) is 9.25. The number of ether oxygens (including phenoxy) is 1. The van der Waals surface area contributed by atoms with E-state index in [4.69, 9.17) is 10.5 Å². The van der Waals surface area contributed by atoms with Gasteiger partial charge >= 0.3 is 6.09 Å². The zero-order chi connectivity index (χ0) is 21.4. The lowest BCUT2D eigenvalue weighted by Gasteiger charge is -2.29. The summed E-state index contributed by atoms with van der Waals surface area (Å²) in [5, 5.41) is 9.24. The number of nitrogens with zero attached hydrogens (tertiary/aromatic N) is 1. The van der Waals surface area contributed by atoms with E-state index < -0.39 is 23.1 Å². The molecule has 0 aliphatic heterocycles. The Morgan fingerprint density at radius 2 is 1.68 bits per heavy atom. The number of guanidine groups is 1. The summed E-state index contributed by atoms with van der Waals surface area (Å²) in [5.74, 6) is 0.172. The number of alkyl carbamates (subject to hydrolysis) is 1. The van der Waals surface area contributed by atoms with Crippen molar-refractivity contribution < 1.29 is 14.3 Å². The molecule has 0 heterocycles. The maximum atomic E-state index is 12.0. The Labute approximate surface area is 167 Å². The van der Waals surface area contributed by atoms with E-state index in [9.17, 15) is 9.59 Å². The van der Waals surface area contributed by atoms with Gasteiger partial charge in [0.15, 0.2) is 5.96 Å². The van der Waals surface area contributed by atoms with E-state index in [1.165, 1.54) is 0 Å². The van der Waals surface area contributed by atoms with Gasteiger partial charge in [0.25, 0.3) is 0 Å². The quantitative estimate of drug-likeness (QED) is 0.420. The minimum absolute atomic E-state index is 0.439. The Morgan fingerprint density at radius 1 is 1.07 bits per heavy atom. The molecule has 5 N–H and O–H groups in total. The first kappa shape index (κ1) is 23.3. The molecule has 1 aromatic rings. The Hall–Kier alpha value is -2.77. The van der Waals surface area contributed by atoms with Gasteiger partial charge in [-0.15, -0.1) is 0 Å². The fraction of sp³-hybridized carbons (Fsp3) is 0.550. The van der Waals surface area contributed by atoms with Crippen LogP contribution >= 0.6 is 0 Å². The number of primary amides is 1. The van der Waals surface area contributed by atoms with E-state index in [0.717, 1.165) is 5.56 Å². The summed E-state index contributed by atoms with van der Waals surface area (Å²) >= 11 is 0. The fourth-order valence-electron chi connectivity index (χ4n) is 2.22. The second-order valence-corrected chi connectivity index (χ2v) is 8.12. The number of nitrogens with two attached hydrogens (primary N) is 1. The fourth-order valence-corrected chi connectivity index (χ4v) is 2.22. The average molecular weight is 392 g/mol. The summed E-state index contributed by atoms with van der Waals surface area (Å²) in [6.07, 6.45) is -0.462. The van der Waals surface area contributed by atoms with Crippen molar-refractivity contribution in [3.8, 4) is 0 Å². The highest BCUT2D eigenvalue weighted by atomic mass is 16.6. The van der Waals surface area contributed by atoms with Crippen molar-refractivity contribution in [3.05, 3.63) is 35.4 Å². The van der Waals surface area contributed by atoms with Gasteiger partial charge < -0.3 is 26.4 Å². The molecule has 1 aromatic carbocycles. The van der Waals surface area contributed by atoms with E-state index in [1.54, 1.807) is 12.1 Å². The monoisotopic (exact) mass is 391 g/mol. The number of amides is 2. The molecular formula is C20H33N5O3. The third-order valence-corrected chi connectivity index (χ3v) is 3.54. The second-order valence-electron chi connectivity index (χ2n) is 8.12. The number of benzene rings is 1. The van der Waals surface area contributed by atoms with Crippen molar-refractivity contribution in [1.82, 2.24) is 16.0 Å². The van der Waals surface area contributed by atoms with Gasteiger partial charge in [0.05, 0.1) is 12.1 Å². The van der Waals surface area contributed by atoms with Crippen LogP contribution in [0.5, 0.6) is 0 Å². The van der Waals surface area contributed by atoms with Crippen molar-refractivity contribution >= 4 is 18.0 Å². The number of hydrogen-bond acceptors (Lipinski definition) is 4. The summed E-state index contributed by atoms with van der Waals surface area (Å²) in [5.41, 5.74) is 5.58. The predicted octanol–water partition coefficient (Wildman–Crippen LogP) is 2.14. The van der Waals surface area contributed by atoms with Crippen molar-refractivity contribution in [1.29, 1.82) is 0 Å². The summed E-state index contributed by atoms with van der Waals surface area (Å²) in [7, 11) is 0. The molecule has 2 amide bonds. The molecule has 0 spiro atoms. The molecule has 0 atom stereocenters. The number of hydrogen-bond donors (Lipinski definition) is 4. The first-order chi connectivity index (χ1) is 12.9. The van der Waals surface area contributed by atoms with Crippen LogP contribution in [0.2, 0.25) is 0 Å². The van der Waals surface area contributed by atoms with Crippen LogP contribution in [-0.4, -0.2) is 42.2 Å². The molecule has 0 saturated heterocycles. The van der Waals surface area contributed by atoms with Gasteiger partial charge in [-0.25, -0.2) is 9.79 Å². The van der Waals surface area contributed by atoms with Gasteiger partial charge in [-0.05, 0) is 59.2 Å². The number of nitrogens with one attached hydrogen (secondary N) is 3. The molecule has 0 radical (unpaired) electrons. The van der Waals surface area contributed by atoms with Crippen molar-refractivity contribution in [2.45, 2.75) is 59.2 Å². The minimum atomic E-state index is -0.548. The lowest BCUT2D eigenvalue weighted by atomic mass is 10.1. The molecule has 0 fully saturated rings. The summed E-state index contributed by atoms with van der Waals surface area (Å²) < 4.78 is 5.30. The second kappa shape index (κ2) is 9.96. The van der Waals surface area contributed by atoms with Crippen LogP contribution in [0.4, 0.5) is 4.79 Å². The van der Waals surface area contributed by atoms with Crippen LogP contribution in [-0.2, 0) is 11.3 Å². The van der Waals surface area contributed by atoms with Crippen molar-refractivity contribution in [2.24, 2.45) is 10.7 Å². The highest BCUT2D eigenvalue weighted by Crippen LogP contribution is 2.09. The third-order valence-electron chi connectivity index (χ3n) is 3.54. The van der Waals surface area contributed by atoms with Crippen molar-refractivity contribution in [2.75, 3.05) is 13.1 Å². The average Bonchev–Trinajstić information content (AvgIpc) is 2.55. The smallest absolute Gasteiger partial charge is 0.408 e.